The molecule has 0 aliphatic heterocycles. The molecule has 1 amide bonds. The van der Waals surface area contributed by atoms with E-state index in [0.717, 1.165) is 22.9 Å². The normalized spacial score (nSPS) is 10.6. The van der Waals surface area contributed by atoms with Crippen LogP contribution in [0, 0.1) is 17.0 Å². The summed E-state index contributed by atoms with van der Waals surface area (Å²) in [6, 6.07) is 11.9. The number of tetrazole rings is 1. The highest BCUT2D eigenvalue weighted by Gasteiger charge is 2.19. The van der Waals surface area contributed by atoms with Crippen LogP contribution in [0.4, 0.5) is 5.69 Å². The van der Waals surface area contributed by atoms with Crippen molar-refractivity contribution in [3.05, 3.63) is 69.3 Å². The molecule has 3 aromatic rings. The number of nitro benzene ring substituents is 1. The summed E-state index contributed by atoms with van der Waals surface area (Å²) < 4.78 is 1.46. The smallest absolute Gasteiger partial charge is 0.270 e. The van der Waals surface area contributed by atoms with Gasteiger partial charge >= 0.3 is 0 Å². The second-order valence-electron chi connectivity index (χ2n) is 5.79. The predicted molar refractivity (Wildman–Crippen MR) is 98.4 cm³/mol. The number of rotatable bonds is 6. The second kappa shape index (κ2) is 7.96. The zero-order valence-electron chi connectivity index (χ0n) is 14.6. The minimum Gasteiger partial charge on any atom is -0.348 e. The van der Waals surface area contributed by atoms with E-state index in [-0.39, 0.29) is 11.3 Å². The first kappa shape index (κ1) is 18.5. The molecular weight excluding hydrogens is 368 g/mol. The van der Waals surface area contributed by atoms with Gasteiger partial charge in [-0.2, -0.15) is 0 Å². The van der Waals surface area contributed by atoms with Crippen LogP contribution in [-0.2, 0) is 13.6 Å². The SMILES string of the molecule is Cc1ccc(CNC(=O)c2cc([N+](=O)[O-])ccc2Sc2nnnn2C)cc1. The van der Waals surface area contributed by atoms with Crippen LogP contribution in [0.5, 0.6) is 0 Å². The molecule has 0 bridgehead atoms. The van der Waals surface area contributed by atoms with Crippen LogP contribution >= 0.6 is 11.8 Å². The van der Waals surface area contributed by atoms with Gasteiger partial charge in [0, 0.05) is 30.6 Å². The largest absolute Gasteiger partial charge is 0.348 e. The molecule has 0 spiro atoms. The van der Waals surface area contributed by atoms with Gasteiger partial charge in [-0.3, -0.25) is 14.9 Å². The monoisotopic (exact) mass is 384 g/mol. The Kier molecular flexibility index (Phi) is 5.46. The Morgan fingerprint density at radius 2 is 2.00 bits per heavy atom. The number of carbonyl (C=O) groups excluding carboxylic acids is 1. The average molecular weight is 384 g/mol. The zero-order chi connectivity index (χ0) is 19.4. The minimum absolute atomic E-state index is 0.157. The molecule has 0 unspecified atom stereocenters. The molecule has 138 valence electrons. The van der Waals surface area contributed by atoms with Gasteiger partial charge in [0.2, 0.25) is 5.16 Å². The Hall–Kier alpha value is -3.27. The quantitative estimate of drug-likeness (QED) is 0.513. The fourth-order valence-electron chi connectivity index (χ4n) is 2.29. The van der Waals surface area contributed by atoms with Crippen molar-refractivity contribution in [2.75, 3.05) is 0 Å². The highest BCUT2D eigenvalue weighted by molar-refractivity contribution is 7.99. The maximum absolute atomic E-state index is 12.7. The molecule has 0 fully saturated rings. The highest BCUT2D eigenvalue weighted by atomic mass is 32.2. The lowest BCUT2D eigenvalue weighted by Gasteiger charge is -2.10. The van der Waals surface area contributed by atoms with Crippen molar-refractivity contribution >= 4 is 23.4 Å². The molecule has 0 aliphatic rings. The van der Waals surface area contributed by atoms with E-state index in [0.29, 0.717) is 16.6 Å². The summed E-state index contributed by atoms with van der Waals surface area (Å²) in [7, 11) is 1.67. The molecule has 1 heterocycles. The molecule has 2 aromatic carbocycles. The van der Waals surface area contributed by atoms with E-state index in [2.05, 4.69) is 20.8 Å². The number of non-ortho nitro benzene ring substituents is 1. The number of aromatic nitrogens is 4. The van der Waals surface area contributed by atoms with E-state index in [9.17, 15) is 14.9 Å². The van der Waals surface area contributed by atoms with E-state index in [1.807, 2.05) is 31.2 Å². The van der Waals surface area contributed by atoms with Crippen molar-refractivity contribution in [2.24, 2.45) is 7.05 Å². The third-order valence-corrected chi connectivity index (χ3v) is 4.88. The summed E-state index contributed by atoms with van der Waals surface area (Å²) in [5, 5.41) is 25.5. The van der Waals surface area contributed by atoms with Crippen LogP contribution in [0.3, 0.4) is 0 Å². The summed E-state index contributed by atoms with van der Waals surface area (Å²) in [5.74, 6) is -0.406. The Morgan fingerprint density at radius 3 is 2.63 bits per heavy atom. The first-order chi connectivity index (χ1) is 12.9. The van der Waals surface area contributed by atoms with E-state index in [1.165, 1.54) is 22.9 Å². The average Bonchev–Trinajstić information content (AvgIpc) is 3.06. The Labute approximate surface area is 158 Å². The Bertz CT molecular complexity index is 987. The van der Waals surface area contributed by atoms with E-state index in [1.54, 1.807) is 7.05 Å². The van der Waals surface area contributed by atoms with Crippen molar-refractivity contribution in [1.82, 2.24) is 25.5 Å². The molecule has 0 saturated carbocycles. The van der Waals surface area contributed by atoms with Crippen LogP contribution in [0.1, 0.15) is 21.5 Å². The third kappa shape index (κ3) is 4.47. The second-order valence-corrected chi connectivity index (χ2v) is 6.80. The minimum atomic E-state index is -0.533. The first-order valence-corrected chi connectivity index (χ1v) is 8.78. The third-order valence-electron chi connectivity index (χ3n) is 3.77. The highest BCUT2D eigenvalue weighted by Crippen LogP contribution is 2.31. The van der Waals surface area contributed by atoms with Gasteiger partial charge in [-0.05, 0) is 40.7 Å². The van der Waals surface area contributed by atoms with E-state index >= 15 is 0 Å². The zero-order valence-corrected chi connectivity index (χ0v) is 15.4. The number of aryl methyl sites for hydroxylation is 2. The molecule has 0 atom stereocenters. The van der Waals surface area contributed by atoms with Crippen molar-refractivity contribution in [1.29, 1.82) is 0 Å². The van der Waals surface area contributed by atoms with Crippen molar-refractivity contribution < 1.29 is 9.72 Å². The lowest BCUT2D eigenvalue weighted by Crippen LogP contribution is -2.23. The number of benzene rings is 2. The molecule has 10 heteroatoms. The Morgan fingerprint density at radius 1 is 1.26 bits per heavy atom. The number of amides is 1. The lowest BCUT2D eigenvalue weighted by atomic mass is 10.1. The van der Waals surface area contributed by atoms with Gasteiger partial charge in [0.25, 0.3) is 11.6 Å². The maximum atomic E-state index is 12.7. The van der Waals surface area contributed by atoms with Gasteiger partial charge in [0.15, 0.2) is 0 Å². The molecule has 27 heavy (non-hydrogen) atoms. The van der Waals surface area contributed by atoms with Gasteiger partial charge in [-0.25, -0.2) is 4.68 Å². The molecule has 1 aromatic heterocycles. The van der Waals surface area contributed by atoms with Gasteiger partial charge in [0.05, 0.1) is 10.5 Å². The molecular formula is C17H16N6O3S. The molecule has 0 saturated heterocycles. The van der Waals surface area contributed by atoms with E-state index in [4.69, 9.17) is 0 Å². The standard InChI is InChI=1S/C17H16N6O3S/c1-11-3-5-12(6-4-11)10-18-16(24)14-9-13(23(25)26)7-8-15(14)27-17-19-20-21-22(17)2/h3-9H,10H2,1-2H3,(H,18,24). The van der Waals surface area contributed by atoms with E-state index < -0.39 is 10.8 Å². The molecule has 1 N–H and O–H groups in total. The first-order valence-electron chi connectivity index (χ1n) is 7.96. The summed E-state index contributed by atoms with van der Waals surface area (Å²) in [4.78, 5) is 23.8. The van der Waals surface area contributed by atoms with Crippen LogP contribution in [0.2, 0.25) is 0 Å². The van der Waals surface area contributed by atoms with Crippen LogP contribution in [-0.4, -0.2) is 31.0 Å². The lowest BCUT2D eigenvalue weighted by molar-refractivity contribution is -0.384. The fraction of sp³-hybridized carbons (Fsp3) is 0.176. The molecule has 0 aliphatic carbocycles. The maximum Gasteiger partial charge on any atom is 0.270 e. The summed E-state index contributed by atoms with van der Waals surface area (Å²) >= 11 is 1.16. The van der Waals surface area contributed by atoms with Gasteiger partial charge in [-0.15, -0.1) is 5.10 Å². The number of nitro groups is 1. The van der Waals surface area contributed by atoms with Crippen molar-refractivity contribution in [3.63, 3.8) is 0 Å². The van der Waals surface area contributed by atoms with Crippen molar-refractivity contribution in [2.45, 2.75) is 23.5 Å². The number of carbonyl (C=O) groups is 1. The summed E-state index contributed by atoms with van der Waals surface area (Å²) in [6.45, 7) is 2.30. The van der Waals surface area contributed by atoms with Crippen LogP contribution in [0.25, 0.3) is 0 Å². The number of nitrogens with zero attached hydrogens (tertiary/aromatic N) is 5. The molecule has 3 rings (SSSR count). The van der Waals surface area contributed by atoms with Crippen LogP contribution < -0.4 is 5.32 Å². The number of nitrogens with one attached hydrogen (secondary N) is 1. The molecule has 9 nitrogen and oxygen atoms in total. The summed E-state index contributed by atoms with van der Waals surface area (Å²) in [5.41, 5.74) is 2.10. The summed E-state index contributed by atoms with van der Waals surface area (Å²) in [6.07, 6.45) is 0. The molecule has 0 radical (unpaired) electrons. The van der Waals surface area contributed by atoms with Gasteiger partial charge in [0.1, 0.15) is 0 Å². The van der Waals surface area contributed by atoms with Gasteiger partial charge in [-0.1, -0.05) is 29.8 Å². The number of hydrogen-bond acceptors (Lipinski definition) is 7. The fourth-order valence-corrected chi connectivity index (χ4v) is 3.13. The van der Waals surface area contributed by atoms with Gasteiger partial charge < -0.3 is 5.32 Å². The predicted octanol–water partition coefficient (Wildman–Crippen LogP) is 2.51. The topological polar surface area (TPSA) is 116 Å². The van der Waals surface area contributed by atoms with Crippen molar-refractivity contribution in [3.8, 4) is 0 Å². The number of hydrogen-bond donors (Lipinski definition) is 1. The Balaban J connectivity index is 1.84. The van der Waals surface area contributed by atoms with Crippen LogP contribution in [0.15, 0.2) is 52.5 Å².